The van der Waals surface area contributed by atoms with E-state index in [4.69, 9.17) is 0 Å². The van der Waals surface area contributed by atoms with Gasteiger partial charge in [-0.05, 0) is 0 Å². The van der Waals surface area contributed by atoms with Crippen LogP contribution in [-0.4, -0.2) is 50.8 Å². The fraction of sp³-hybridized carbons (Fsp3) is 0.214. The third-order valence-corrected chi connectivity index (χ3v) is 5.63. The van der Waals surface area contributed by atoms with E-state index in [9.17, 15) is 8.42 Å². The highest BCUT2D eigenvalue weighted by Gasteiger charge is 2.39. The summed E-state index contributed by atoms with van der Waals surface area (Å²) in [6, 6.07) is 9.75. The van der Waals surface area contributed by atoms with Crippen LogP contribution < -0.4 is 0 Å². The van der Waals surface area contributed by atoms with Crippen molar-refractivity contribution in [3.63, 3.8) is 0 Å². The molecule has 2 aromatic heterocycles. The Morgan fingerprint density at radius 3 is 2.65 bits per heavy atom. The second-order valence-electron chi connectivity index (χ2n) is 5.34. The van der Waals surface area contributed by atoms with Gasteiger partial charge < -0.3 is 4.98 Å². The molecule has 4 rings (SSSR count). The largest absolute Gasteiger partial charge is 0.335 e. The lowest BCUT2D eigenvalue weighted by molar-refractivity contribution is 0.188. The van der Waals surface area contributed by atoms with Gasteiger partial charge in [-0.15, -0.1) is 5.10 Å². The Morgan fingerprint density at radius 2 is 1.96 bits per heavy atom. The molecule has 9 heteroatoms. The van der Waals surface area contributed by atoms with Crippen molar-refractivity contribution >= 4 is 10.0 Å². The molecule has 3 aromatic rings. The summed E-state index contributed by atoms with van der Waals surface area (Å²) in [4.78, 5) is 6.39. The van der Waals surface area contributed by atoms with E-state index in [0.29, 0.717) is 13.1 Å². The molecular formula is C14H14N6O2S. The zero-order chi connectivity index (χ0) is 15.9. The van der Waals surface area contributed by atoms with Crippen molar-refractivity contribution < 1.29 is 8.42 Å². The van der Waals surface area contributed by atoms with Gasteiger partial charge in [-0.3, -0.25) is 0 Å². The molecule has 1 aliphatic rings. The average molecular weight is 330 g/mol. The predicted molar refractivity (Wildman–Crippen MR) is 81.8 cm³/mol. The maximum atomic E-state index is 12.3. The summed E-state index contributed by atoms with van der Waals surface area (Å²) in [5, 5.41) is 8.38. The first-order valence-electron chi connectivity index (χ1n) is 7.10. The maximum absolute atomic E-state index is 12.3. The van der Waals surface area contributed by atoms with Crippen LogP contribution in [0.2, 0.25) is 0 Å². The lowest BCUT2D eigenvalue weighted by atomic mass is 10.1. The van der Waals surface area contributed by atoms with Gasteiger partial charge >= 0.3 is 0 Å². The van der Waals surface area contributed by atoms with Gasteiger partial charge in [0.15, 0.2) is 5.03 Å². The van der Waals surface area contributed by atoms with E-state index in [1.807, 2.05) is 36.5 Å². The number of sulfonamides is 1. The van der Waals surface area contributed by atoms with E-state index in [2.05, 4.69) is 20.3 Å². The van der Waals surface area contributed by atoms with Crippen LogP contribution in [0.5, 0.6) is 0 Å². The molecule has 0 atom stereocenters. The zero-order valence-corrected chi connectivity index (χ0v) is 12.9. The van der Waals surface area contributed by atoms with Crippen molar-refractivity contribution in [2.24, 2.45) is 0 Å². The number of H-pyrrole nitrogens is 1. The molecule has 0 spiro atoms. The van der Waals surface area contributed by atoms with Gasteiger partial charge in [-0.25, -0.2) is 18.1 Å². The third kappa shape index (κ3) is 2.43. The number of hydrogen-bond acceptors (Lipinski definition) is 5. The van der Waals surface area contributed by atoms with Gasteiger partial charge in [0.05, 0.1) is 24.8 Å². The highest BCUT2D eigenvalue weighted by Crippen LogP contribution is 2.27. The van der Waals surface area contributed by atoms with Crippen molar-refractivity contribution in [1.82, 2.24) is 29.3 Å². The topological polar surface area (TPSA) is 96.8 Å². The normalized spacial score (nSPS) is 16.3. The molecule has 1 aliphatic heterocycles. The van der Waals surface area contributed by atoms with E-state index in [0.717, 1.165) is 11.3 Å². The Morgan fingerprint density at radius 1 is 1.17 bits per heavy atom. The van der Waals surface area contributed by atoms with Gasteiger partial charge in [0, 0.05) is 18.7 Å². The molecule has 8 nitrogen and oxygen atoms in total. The Kier molecular flexibility index (Phi) is 3.24. The Bertz CT molecular complexity index is 898. The van der Waals surface area contributed by atoms with E-state index in [1.165, 1.54) is 16.8 Å². The summed E-state index contributed by atoms with van der Waals surface area (Å²) in [6.45, 7) is 0.748. The maximum Gasteiger partial charge on any atom is 0.260 e. The van der Waals surface area contributed by atoms with Gasteiger partial charge in [-0.2, -0.15) is 4.31 Å². The number of nitrogens with zero attached hydrogens (tertiary/aromatic N) is 5. The first kappa shape index (κ1) is 14.1. The van der Waals surface area contributed by atoms with Crippen LogP contribution in [-0.2, 0) is 10.0 Å². The molecule has 0 aliphatic carbocycles. The van der Waals surface area contributed by atoms with E-state index >= 15 is 0 Å². The van der Waals surface area contributed by atoms with Gasteiger partial charge in [-0.1, -0.05) is 35.5 Å². The number of imidazole rings is 1. The van der Waals surface area contributed by atoms with Crippen LogP contribution >= 0.6 is 0 Å². The first-order chi connectivity index (χ1) is 11.1. The molecule has 0 unspecified atom stereocenters. The summed E-state index contributed by atoms with van der Waals surface area (Å²) in [6.07, 6.45) is 4.51. The molecule has 0 amide bonds. The zero-order valence-electron chi connectivity index (χ0n) is 12.1. The standard InChI is InChI=1S/C14H14N6O2S/c21-23(22,14-6-15-10-16-14)19-7-12(8-19)20-9-13(17-18-20)11-4-2-1-3-5-11/h1-6,9-10,12H,7-8H2,(H,15,16). The van der Waals surface area contributed by atoms with E-state index in [-0.39, 0.29) is 11.1 Å². The number of aromatic amines is 1. The highest BCUT2D eigenvalue weighted by atomic mass is 32.2. The Hall–Kier alpha value is -2.52. The summed E-state index contributed by atoms with van der Waals surface area (Å²) in [5.41, 5.74) is 1.76. The highest BCUT2D eigenvalue weighted by molar-refractivity contribution is 7.89. The number of aromatic nitrogens is 5. The van der Waals surface area contributed by atoms with Crippen LogP contribution in [0.3, 0.4) is 0 Å². The van der Waals surface area contributed by atoms with Crippen molar-refractivity contribution in [2.45, 2.75) is 11.1 Å². The molecular weight excluding hydrogens is 316 g/mol. The van der Waals surface area contributed by atoms with Crippen molar-refractivity contribution in [1.29, 1.82) is 0 Å². The summed E-state index contributed by atoms with van der Waals surface area (Å²) in [7, 11) is -3.49. The Labute approximate surface area is 132 Å². The molecule has 118 valence electrons. The third-order valence-electron chi connectivity index (χ3n) is 3.87. The molecule has 0 saturated carbocycles. The smallest absolute Gasteiger partial charge is 0.260 e. The van der Waals surface area contributed by atoms with Crippen LogP contribution in [0.4, 0.5) is 0 Å². The molecule has 0 radical (unpaired) electrons. The number of rotatable bonds is 4. The van der Waals surface area contributed by atoms with E-state index < -0.39 is 10.0 Å². The Balaban J connectivity index is 1.48. The van der Waals surface area contributed by atoms with Gasteiger partial charge in [0.2, 0.25) is 0 Å². The molecule has 1 saturated heterocycles. The fourth-order valence-electron chi connectivity index (χ4n) is 2.50. The van der Waals surface area contributed by atoms with Gasteiger partial charge in [0.1, 0.15) is 5.69 Å². The monoisotopic (exact) mass is 330 g/mol. The first-order valence-corrected chi connectivity index (χ1v) is 8.54. The number of benzene rings is 1. The summed E-state index contributed by atoms with van der Waals surface area (Å²) < 4.78 is 27.7. The van der Waals surface area contributed by atoms with Crippen LogP contribution in [0.1, 0.15) is 6.04 Å². The molecule has 3 heterocycles. The lowest BCUT2D eigenvalue weighted by Crippen LogP contribution is -2.50. The molecule has 1 aromatic carbocycles. The quantitative estimate of drug-likeness (QED) is 0.767. The fourth-order valence-corrected chi connectivity index (χ4v) is 3.91. The van der Waals surface area contributed by atoms with Crippen molar-refractivity contribution in [3.05, 3.63) is 49.1 Å². The second-order valence-corrected chi connectivity index (χ2v) is 7.25. The second kappa shape index (κ2) is 5.28. The van der Waals surface area contributed by atoms with Crippen molar-refractivity contribution in [3.8, 4) is 11.3 Å². The van der Waals surface area contributed by atoms with Crippen LogP contribution in [0.15, 0.2) is 54.1 Å². The summed E-state index contributed by atoms with van der Waals surface area (Å²) in [5.74, 6) is 0. The molecule has 0 bridgehead atoms. The minimum atomic E-state index is -3.49. The summed E-state index contributed by atoms with van der Waals surface area (Å²) >= 11 is 0. The minimum Gasteiger partial charge on any atom is -0.335 e. The molecule has 1 N–H and O–H groups in total. The van der Waals surface area contributed by atoms with E-state index in [1.54, 1.807) is 4.68 Å². The number of nitrogens with one attached hydrogen (secondary N) is 1. The SMILES string of the molecule is O=S(=O)(c1cnc[nH]1)N1CC(n2cc(-c3ccccc3)nn2)C1. The van der Waals surface area contributed by atoms with Gasteiger partial charge in [0.25, 0.3) is 10.0 Å². The van der Waals surface area contributed by atoms with Crippen LogP contribution in [0.25, 0.3) is 11.3 Å². The van der Waals surface area contributed by atoms with Crippen molar-refractivity contribution in [2.75, 3.05) is 13.1 Å². The number of hydrogen-bond donors (Lipinski definition) is 1. The molecule has 1 fully saturated rings. The lowest BCUT2D eigenvalue weighted by Gasteiger charge is -2.37. The molecule has 23 heavy (non-hydrogen) atoms. The minimum absolute atomic E-state index is 0.00217. The van der Waals surface area contributed by atoms with Crippen LogP contribution in [0, 0.1) is 0 Å². The average Bonchev–Trinajstić information content (AvgIpc) is 3.18. The predicted octanol–water partition coefficient (Wildman–Crippen LogP) is 0.914.